The summed E-state index contributed by atoms with van der Waals surface area (Å²) in [5, 5.41) is 20.4. The molecule has 1 aliphatic carbocycles. The van der Waals surface area contributed by atoms with Gasteiger partial charge in [0, 0.05) is 23.0 Å². The standard InChI is InChI=1S/C23H19ClFN3O4/c24-13-9-16-14(17(25)10-13)6-7-18(16)28(20(22(26)31)12-3-2-8-27-11-12)23(32)15-4-1-5-19(29)21(15)30/h1-5,8-11,18,20,29-30H,6-7H2,(H2,26,31)/t18-,20-/m1/s1. The van der Waals surface area contributed by atoms with Crippen LogP contribution in [0.3, 0.4) is 0 Å². The number of aromatic hydroxyl groups is 2. The first kappa shape index (κ1) is 21.6. The summed E-state index contributed by atoms with van der Waals surface area (Å²) >= 11 is 6.08. The van der Waals surface area contributed by atoms with Crippen molar-refractivity contribution in [3.63, 3.8) is 0 Å². The summed E-state index contributed by atoms with van der Waals surface area (Å²) in [4.78, 5) is 31.5. The number of primary amides is 1. The van der Waals surface area contributed by atoms with Gasteiger partial charge in [-0.05, 0) is 54.3 Å². The van der Waals surface area contributed by atoms with Crippen LogP contribution in [0, 0.1) is 5.82 Å². The molecule has 0 aliphatic heterocycles. The quantitative estimate of drug-likeness (QED) is 0.508. The van der Waals surface area contributed by atoms with Crippen LogP contribution in [0.2, 0.25) is 5.02 Å². The number of benzene rings is 2. The number of para-hydroxylation sites is 1. The molecule has 164 valence electrons. The van der Waals surface area contributed by atoms with E-state index in [2.05, 4.69) is 4.98 Å². The fraction of sp³-hybridized carbons (Fsp3) is 0.174. The lowest BCUT2D eigenvalue weighted by atomic mass is 9.98. The van der Waals surface area contributed by atoms with E-state index in [4.69, 9.17) is 17.3 Å². The van der Waals surface area contributed by atoms with Gasteiger partial charge >= 0.3 is 0 Å². The maximum Gasteiger partial charge on any atom is 0.259 e. The number of hydrogen-bond donors (Lipinski definition) is 3. The summed E-state index contributed by atoms with van der Waals surface area (Å²) in [7, 11) is 0. The highest BCUT2D eigenvalue weighted by Gasteiger charge is 2.41. The van der Waals surface area contributed by atoms with E-state index in [0.717, 1.165) is 0 Å². The van der Waals surface area contributed by atoms with Gasteiger partial charge in [-0.2, -0.15) is 0 Å². The van der Waals surface area contributed by atoms with Crippen molar-refractivity contribution in [2.24, 2.45) is 5.73 Å². The number of pyridine rings is 1. The molecule has 2 atom stereocenters. The predicted octanol–water partition coefficient (Wildman–Crippen LogP) is 3.64. The fourth-order valence-electron chi connectivity index (χ4n) is 4.19. The Kier molecular flexibility index (Phi) is 5.71. The number of hydrogen-bond acceptors (Lipinski definition) is 5. The Bertz CT molecular complexity index is 1210. The molecule has 4 rings (SSSR count). The Labute approximate surface area is 187 Å². The number of amides is 2. The molecule has 4 N–H and O–H groups in total. The van der Waals surface area contributed by atoms with Crippen molar-refractivity contribution in [3.05, 3.63) is 88.0 Å². The zero-order chi connectivity index (χ0) is 23.0. The van der Waals surface area contributed by atoms with Crippen LogP contribution in [-0.4, -0.2) is 31.9 Å². The van der Waals surface area contributed by atoms with Gasteiger partial charge in [0.2, 0.25) is 5.91 Å². The van der Waals surface area contributed by atoms with Crippen LogP contribution in [0.15, 0.2) is 54.9 Å². The molecule has 0 spiro atoms. The number of rotatable bonds is 5. The topological polar surface area (TPSA) is 117 Å². The second-order valence-corrected chi connectivity index (χ2v) is 7.92. The molecule has 2 amide bonds. The van der Waals surface area contributed by atoms with Gasteiger partial charge in [0.1, 0.15) is 11.9 Å². The molecule has 32 heavy (non-hydrogen) atoms. The number of nitrogens with two attached hydrogens (primary N) is 1. The van der Waals surface area contributed by atoms with E-state index >= 15 is 0 Å². The number of phenolic OH excluding ortho intramolecular Hbond substituents is 2. The third kappa shape index (κ3) is 3.73. The van der Waals surface area contributed by atoms with Crippen molar-refractivity contribution in [1.82, 2.24) is 9.88 Å². The number of carbonyl (C=O) groups excluding carboxylic acids is 2. The summed E-state index contributed by atoms with van der Waals surface area (Å²) in [5.74, 6) is -3.22. The lowest BCUT2D eigenvalue weighted by molar-refractivity contribution is -0.123. The fourth-order valence-corrected chi connectivity index (χ4v) is 4.40. The molecule has 0 radical (unpaired) electrons. The van der Waals surface area contributed by atoms with Crippen molar-refractivity contribution in [1.29, 1.82) is 0 Å². The van der Waals surface area contributed by atoms with Gasteiger partial charge < -0.3 is 20.8 Å². The van der Waals surface area contributed by atoms with Gasteiger partial charge in [-0.25, -0.2) is 4.39 Å². The van der Waals surface area contributed by atoms with E-state index in [-0.39, 0.29) is 10.6 Å². The smallest absolute Gasteiger partial charge is 0.259 e. The first-order valence-corrected chi connectivity index (χ1v) is 10.2. The lowest BCUT2D eigenvalue weighted by Gasteiger charge is -2.36. The third-order valence-corrected chi connectivity index (χ3v) is 5.80. The molecule has 0 bridgehead atoms. The molecule has 2 aromatic carbocycles. The van der Waals surface area contributed by atoms with Crippen molar-refractivity contribution in [2.45, 2.75) is 24.9 Å². The molecule has 0 unspecified atom stereocenters. The minimum atomic E-state index is -1.27. The molecule has 1 heterocycles. The molecule has 1 aliphatic rings. The van der Waals surface area contributed by atoms with E-state index in [0.29, 0.717) is 29.5 Å². The molecule has 1 aromatic heterocycles. The largest absolute Gasteiger partial charge is 0.504 e. The van der Waals surface area contributed by atoms with Gasteiger partial charge in [-0.3, -0.25) is 14.6 Å². The molecular formula is C23H19ClFN3O4. The van der Waals surface area contributed by atoms with Crippen molar-refractivity contribution in [2.75, 3.05) is 0 Å². The predicted molar refractivity (Wildman–Crippen MR) is 115 cm³/mol. The van der Waals surface area contributed by atoms with Gasteiger partial charge in [0.25, 0.3) is 5.91 Å². The van der Waals surface area contributed by atoms with E-state index in [1.165, 1.54) is 41.6 Å². The summed E-state index contributed by atoms with van der Waals surface area (Å²) in [6.45, 7) is 0. The molecule has 0 saturated heterocycles. The number of aromatic nitrogens is 1. The van der Waals surface area contributed by atoms with Crippen LogP contribution in [0.4, 0.5) is 4.39 Å². The second kappa shape index (κ2) is 8.47. The summed E-state index contributed by atoms with van der Waals surface area (Å²) in [6, 6.07) is 7.86. The third-order valence-electron chi connectivity index (χ3n) is 5.58. The zero-order valence-corrected chi connectivity index (χ0v) is 17.5. The normalized spacial score (nSPS) is 15.8. The summed E-state index contributed by atoms with van der Waals surface area (Å²) in [5.41, 5.74) is 6.70. The monoisotopic (exact) mass is 455 g/mol. The highest BCUT2D eigenvalue weighted by molar-refractivity contribution is 6.30. The van der Waals surface area contributed by atoms with Crippen LogP contribution in [0.25, 0.3) is 0 Å². The number of nitrogens with zero attached hydrogens (tertiary/aromatic N) is 2. The van der Waals surface area contributed by atoms with Crippen molar-refractivity contribution < 1.29 is 24.2 Å². The van der Waals surface area contributed by atoms with E-state index in [1.807, 2.05) is 0 Å². The summed E-state index contributed by atoms with van der Waals surface area (Å²) in [6.07, 6.45) is 3.54. The van der Waals surface area contributed by atoms with Crippen molar-refractivity contribution in [3.8, 4) is 11.5 Å². The van der Waals surface area contributed by atoms with E-state index in [9.17, 15) is 24.2 Å². The van der Waals surface area contributed by atoms with Crippen molar-refractivity contribution >= 4 is 23.4 Å². The average molecular weight is 456 g/mol. The highest BCUT2D eigenvalue weighted by atomic mass is 35.5. The van der Waals surface area contributed by atoms with Crippen LogP contribution in [-0.2, 0) is 11.2 Å². The Balaban J connectivity index is 1.91. The second-order valence-electron chi connectivity index (χ2n) is 7.49. The Morgan fingerprint density at radius 1 is 1.22 bits per heavy atom. The van der Waals surface area contributed by atoms with Gasteiger partial charge in [-0.1, -0.05) is 23.7 Å². The first-order valence-electron chi connectivity index (χ1n) is 9.80. The van der Waals surface area contributed by atoms with Crippen LogP contribution in [0.5, 0.6) is 11.5 Å². The average Bonchev–Trinajstić information content (AvgIpc) is 3.17. The minimum absolute atomic E-state index is 0.151. The summed E-state index contributed by atoms with van der Waals surface area (Å²) < 4.78 is 14.5. The SMILES string of the molecule is NC(=O)[C@@H](c1cccnc1)N(C(=O)c1cccc(O)c1O)[C@@H]1CCc2c(F)cc(Cl)cc21. The Morgan fingerprint density at radius 3 is 2.69 bits per heavy atom. The molecule has 3 aromatic rings. The number of halogens is 2. The number of fused-ring (bicyclic) bond motifs is 1. The lowest BCUT2D eigenvalue weighted by Crippen LogP contribution is -2.43. The first-order chi connectivity index (χ1) is 15.3. The minimum Gasteiger partial charge on any atom is -0.504 e. The molecule has 0 fully saturated rings. The maximum atomic E-state index is 14.5. The van der Waals surface area contributed by atoms with Crippen LogP contribution >= 0.6 is 11.6 Å². The molecule has 0 saturated carbocycles. The maximum absolute atomic E-state index is 14.5. The van der Waals surface area contributed by atoms with Crippen LogP contribution in [0.1, 0.15) is 45.6 Å². The molecular weight excluding hydrogens is 437 g/mol. The van der Waals surface area contributed by atoms with Gasteiger partial charge in [0.15, 0.2) is 11.5 Å². The molecule has 9 heteroatoms. The Morgan fingerprint density at radius 2 is 2.00 bits per heavy atom. The number of carbonyl (C=O) groups is 2. The number of phenols is 2. The zero-order valence-electron chi connectivity index (χ0n) is 16.7. The highest BCUT2D eigenvalue weighted by Crippen LogP contribution is 2.44. The van der Waals surface area contributed by atoms with Gasteiger partial charge in [0.05, 0.1) is 11.6 Å². The molecule has 7 nitrogen and oxygen atoms in total. The van der Waals surface area contributed by atoms with Gasteiger partial charge in [-0.15, -0.1) is 0 Å². The van der Waals surface area contributed by atoms with E-state index in [1.54, 1.807) is 18.2 Å². The Hall–Kier alpha value is -3.65. The van der Waals surface area contributed by atoms with E-state index < -0.39 is 41.2 Å². The van der Waals surface area contributed by atoms with Crippen LogP contribution < -0.4 is 5.73 Å².